The molecule has 1 heterocycles. The quantitative estimate of drug-likeness (QED) is 0.781. The number of hydrogen-bond acceptors (Lipinski definition) is 5. The van der Waals surface area contributed by atoms with Gasteiger partial charge in [0.1, 0.15) is 6.07 Å². The minimum atomic E-state index is -0.901. The molecule has 0 spiro atoms. The number of nitrogens with one attached hydrogen (secondary N) is 1. The molecule has 1 rings (SSSR count). The predicted molar refractivity (Wildman–Crippen MR) is 56.6 cm³/mol. The third-order valence-corrected chi connectivity index (χ3v) is 2.31. The minimum Gasteiger partial charge on any atom is -0.481 e. The van der Waals surface area contributed by atoms with Gasteiger partial charge in [-0.3, -0.25) is 4.79 Å². The highest BCUT2D eigenvalue weighted by Gasteiger charge is 2.20. The largest absolute Gasteiger partial charge is 0.481 e. The molecule has 6 nitrogen and oxygen atoms in total. The predicted octanol–water partition coefficient (Wildman–Crippen LogP) is 0.869. The van der Waals surface area contributed by atoms with E-state index >= 15 is 0 Å². The first-order valence-corrected chi connectivity index (χ1v) is 4.76. The second kappa shape index (κ2) is 5.07. The van der Waals surface area contributed by atoms with Crippen LogP contribution in [0.25, 0.3) is 0 Å². The van der Waals surface area contributed by atoms with Crippen molar-refractivity contribution in [2.45, 2.75) is 19.9 Å². The lowest BCUT2D eigenvalue weighted by molar-refractivity contribution is -0.141. The van der Waals surface area contributed by atoms with Crippen LogP contribution in [0.15, 0.2) is 12.4 Å². The summed E-state index contributed by atoms with van der Waals surface area (Å²) in [6, 6.07) is 1.55. The molecule has 0 fully saturated rings. The van der Waals surface area contributed by atoms with E-state index in [0.717, 1.165) is 0 Å². The number of anilines is 1. The van der Waals surface area contributed by atoms with Crippen molar-refractivity contribution >= 4 is 11.8 Å². The highest BCUT2D eigenvalue weighted by molar-refractivity contribution is 5.71. The number of nitriles is 1. The van der Waals surface area contributed by atoms with Gasteiger partial charge in [0.25, 0.3) is 0 Å². The summed E-state index contributed by atoms with van der Waals surface area (Å²) in [7, 11) is 0. The van der Waals surface area contributed by atoms with Crippen LogP contribution in [0.4, 0.5) is 5.82 Å². The molecule has 2 unspecified atom stereocenters. The number of carboxylic acid groups (broad SMARTS) is 1. The highest BCUT2D eigenvalue weighted by atomic mass is 16.4. The summed E-state index contributed by atoms with van der Waals surface area (Å²) in [5, 5.41) is 20.5. The third kappa shape index (κ3) is 2.67. The van der Waals surface area contributed by atoms with E-state index in [0.29, 0.717) is 5.82 Å². The molecule has 0 aliphatic heterocycles. The Kier molecular flexibility index (Phi) is 3.78. The number of carbonyl (C=O) groups is 1. The van der Waals surface area contributed by atoms with Gasteiger partial charge in [0.2, 0.25) is 0 Å². The van der Waals surface area contributed by atoms with Crippen molar-refractivity contribution in [1.82, 2.24) is 9.97 Å². The molecule has 0 aliphatic carbocycles. The molecule has 0 aliphatic rings. The van der Waals surface area contributed by atoms with E-state index < -0.39 is 11.9 Å². The first-order chi connectivity index (χ1) is 7.56. The fourth-order valence-electron chi connectivity index (χ4n) is 1.08. The van der Waals surface area contributed by atoms with Gasteiger partial charge in [-0.1, -0.05) is 0 Å². The summed E-state index contributed by atoms with van der Waals surface area (Å²) in [5.74, 6) is -1.17. The molecule has 0 saturated heterocycles. The number of carboxylic acids is 1. The first-order valence-electron chi connectivity index (χ1n) is 4.76. The molecule has 1 aromatic rings. The van der Waals surface area contributed by atoms with Gasteiger partial charge in [-0.2, -0.15) is 5.26 Å². The van der Waals surface area contributed by atoms with E-state index in [1.54, 1.807) is 13.8 Å². The molecule has 2 N–H and O–H groups in total. The van der Waals surface area contributed by atoms with Gasteiger partial charge in [0, 0.05) is 18.4 Å². The molecule has 0 amide bonds. The minimum absolute atomic E-state index is 0.159. The van der Waals surface area contributed by atoms with Crippen molar-refractivity contribution in [3.05, 3.63) is 18.1 Å². The molecule has 0 aromatic carbocycles. The van der Waals surface area contributed by atoms with Gasteiger partial charge in [0.05, 0.1) is 5.92 Å². The molecule has 0 bridgehead atoms. The summed E-state index contributed by atoms with van der Waals surface area (Å²) >= 11 is 0. The summed E-state index contributed by atoms with van der Waals surface area (Å²) in [5.41, 5.74) is 0.159. The molecule has 1 aromatic heterocycles. The lowest BCUT2D eigenvalue weighted by Gasteiger charge is -2.18. The molecule has 84 valence electrons. The number of nitrogens with zero attached hydrogens (tertiary/aromatic N) is 3. The number of aliphatic carboxylic acids is 1. The highest BCUT2D eigenvalue weighted by Crippen LogP contribution is 2.12. The maximum atomic E-state index is 10.7. The topological polar surface area (TPSA) is 98.9 Å². The monoisotopic (exact) mass is 220 g/mol. The van der Waals surface area contributed by atoms with Crippen LogP contribution < -0.4 is 5.32 Å². The lowest BCUT2D eigenvalue weighted by atomic mass is 10.0. The van der Waals surface area contributed by atoms with Crippen LogP contribution in [-0.2, 0) is 4.79 Å². The third-order valence-electron chi connectivity index (χ3n) is 2.31. The molecular weight excluding hydrogens is 208 g/mol. The molecule has 6 heteroatoms. The zero-order chi connectivity index (χ0) is 12.1. The second-order valence-corrected chi connectivity index (χ2v) is 3.43. The summed E-state index contributed by atoms with van der Waals surface area (Å²) in [6.45, 7) is 3.30. The van der Waals surface area contributed by atoms with Crippen molar-refractivity contribution in [3.8, 4) is 6.07 Å². The Morgan fingerprint density at radius 1 is 1.50 bits per heavy atom. The summed E-state index contributed by atoms with van der Waals surface area (Å²) in [4.78, 5) is 18.5. The average Bonchev–Trinajstić information content (AvgIpc) is 2.28. The standard InChI is InChI=1S/C10H12N4O2/c1-6(10(15)16)7(2)14-9-8(5-11)12-3-4-13-9/h3-4,6-7H,1-2H3,(H,13,14)(H,15,16). The molecule has 0 radical (unpaired) electrons. The van der Waals surface area contributed by atoms with E-state index in [-0.39, 0.29) is 11.7 Å². The zero-order valence-corrected chi connectivity index (χ0v) is 9.01. The van der Waals surface area contributed by atoms with E-state index in [1.807, 2.05) is 6.07 Å². The van der Waals surface area contributed by atoms with Crippen LogP contribution in [0.2, 0.25) is 0 Å². The van der Waals surface area contributed by atoms with E-state index in [4.69, 9.17) is 10.4 Å². The normalized spacial score (nSPS) is 13.6. The number of rotatable bonds is 4. The molecule has 16 heavy (non-hydrogen) atoms. The smallest absolute Gasteiger partial charge is 0.308 e. The van der Waals surface area contributed by atoms with Crippen LogP contribution in [0, 0.1) is 17.2 Å². The van der Waals surface area contributed by atoms with Gasteiger partial charge < -0.3 is 10.4 Å². The van der Waals surface area contributed by atoms with E-state index in [2.05, 4.69) is 15.3 Å². The number of aromatic nitrogens is 2. The van der Waals surface area contributed by atoms with Crippen molar-refractivity contribution in [1.29, 1.82) is 5.26 Å². The Bertz CT molecular complexity index is 427. The number of hydrogen-bond donors (Lipinski definition) is 2. The van der Waals surface area contributed by atoms with Crippen molar-refractivity contribution < 1.29 is 9.90 Å². The Labute approximate surface area is 93.0 Å². The van der Waals surface area contributed by atoms with Crippen LogP contribution in [-0.4, -0.2) is 27.1 Å². The molecular formula is C10H12N4O2. The van der Waals surface area contributed by atoms with Gasteiger partial charge in [0.15, 0.2) is 11.5 Å². The van der Waals surface area contributed by atoms with Crippen LogP contribution in [0.1, 0.15) is 19.5 Å². The second-order valence-electron chi connectivity index (χ2n) is 3.43. The van der Waals surface area contributed by atoms with Crippen LogP contribution in [0.5, 0.6) is 0 Å². The van der Waals surface area contributed by atoms with E-state index in [1.165, 1.54) is 12.4 Å². The fourth-order valence-corrected chi connectivity index (χ4v) is 1.08. The zero-order valence-electron chi connectivity index (χ0n) is 9.01. The van der Waals surface area contributed by atoms with Gasteiger partial charge in [-0.05, 0) is 13.8 Å². The first kappa shape index (κ1) is 11.9. The Balaban J connectivity index is 2.81. The van der Waals surface area contributed by atoms with Gasteiger partial charge in [-0.25, -0.2) is 9.97 Å². The van der Waals surface area contributed by atoms with Gasteiger partial charge >= 0.3 is 5.97 Å². The van der Waals surface area contributed by atoms with Crippen molar-refractivity contribution in [2.24, 2.45) is 5.92 Å². The van der Waals surface area contributed by atoms with E-state index in [9.17, 15) is 4.79 Å². The van der Waals surface area contributed by atoms with Crippen molar-refractivity contribution in [2.75, 3.05) is 5.32 Å². The average molecular weight is 220 g/mol. The summed E-state index contributed by atoms with van der Waals surface area (Å²) in [6.07, 6.45) is 2.86. The Morgan fingerprint density at radius 3 is 2.69 bits per heavy atom. The lowest BCUT2D eigenvalue weighted by Crippen LogP contribution is -2.30. The van der Waals surface area contributed by atoms with Crippen molar-refractivity contribution in [3.63, 3.8) is 0 Å². The maximum Gasteiger partial charge on any atom is 0.308 e. The maximum absolute atomic E-state index is 10.7. The van der Waals surface area contributed by atoms with Crippen LogP contribution in [0.3, 0.4) is 0 Å². The Morgan fingerprint density at radius 2 is 2.12 bits per heavy atom. The molecule has 2 atom stereocenters. The SMILES string of the molecule is CC(Nc1nccnc1C#N)C(C)C(=O)O. The Hall–Kier alpha value is -2.16. The fraction of sp³-hybridized carbons (Fsp3) is 0.400. The summed E-state index contributed by atoms with van der Waals surface area (Å²) < 4.78 is 0. The molecule has 0 saturated carbocycles. The van der Waals surface area contributed by atoms with Gasteiger partial charge in [-0.15, -0.1) is 0 Å². The van der Waals surface area contributed by atoms with Crippen LogP contribution >= 0.6 is 0 Å².